The van der Waals surface area contributed by atoms with Crippen molar-refractivity contribution in [1.29, 1.82) is 0 Å². The van der Waals surface area contributed by atoms with Gasteiger partial charge in [-0.25, -0.2) is 0 Å². The zero-order chi connectivity index (χ0) is 35.0. The van der Waals surface area contributed by atoms with E-state index in [1.807, 2.05) is 13.8 Å². The maximum atomic E-state index is 13.4. The van der Waals surface area contributed by atoms with Crippen LogP contribution in [0.3, 0.4) is 0 Å². The van der Waals surface area contributed by atoms with E-state index < -0.39 is 23.6 Å². The van der Waals surface area contributed by atoms with Crippen LogP contribution in [0.1, 0.15) is 43.0 Å². The lowest BCUT2D eigenvalue weighted by Crippen LogP contribution is -2.41. The number of benzene rings is 4. The maximum Gasteiger partial charge on any atom is 0.267 e. The fraction of sp³-hybridized carbons (Fsp3) is 0.158. The lowest BCUT2D eigenvalue weighted by molar-refractivity contribution is -0.119. The van der Waals surface area contributed by atoms with Gasteiger partial charge in [-0.2, -0.15) is 0 Å². The highest BCUT2D eigenvalue weighted by Gasteiger charge is 2.19. The van der Waals surface area contributed by atoms with Gasteiger partial charge in [-0.3, -0.25) is 19.2 Å². The summed E-state index contributed by atoms with van der Waals surface area (Å²) in [5.41, 5.74) is 3.88. The molecule has 0 aliphatic carbocycles. The molecule has 50 heavy (non-hydrogen) atoms. The van der Waals surface area contributed by atoms with E-state index in [0.29, 0.717) is 45.3 Å². The Labute approximate surface area is 288 Å². The van der Waals surface area contributed by atoms with Crippen molar-refractivity contribution in [3.05, 3.63) is 130 Å². The molecule has 0 aromatic heterocycles. The highest BCUT2D eigenvalue weighted by Crippen LogP contribution is 2.34. The van der Waals surface area contributed by atoms with Crippen LogP contribution >= 0.6 is 0 Å². The standard InChI is InChI=1S/C38H34N4O8/c1-23-3-9-27(10-4-23)35(43)41-29(17-25-7-13-31-33(19-25)49-21-47-31)37(45)39-15-16-40-38(46)30(42-36(44)28-11-5-24(2)6-12-28)18-26-8-14-32-34(20-26)50-22-48-32/h3-14,17-20H,15-16,21-22H2,1-2H3,(H,39,45)(H,40,46)(H,41,43)(H,42,44)/b29-17-,30-18-. The molecule has 2 aliphatic heterocycles. The molecule has 12 nitrogen and oxygen atoms in total. The largest absolute Gasteiger partial charge is 0.454 e. The molecule has 0 fully saturated rings. The molecule has 0 saturated heterocycles. The van der Waals surface area contributed by atoms with Gasteiger partial charge in [0.25, 0.3) is 23.6 Å². The molecule has 2 aliphatic rings. The second-order valence-corrected chi connectivity index (χ2v) is 11.5. The quantitative estimate of drug-likeness (QED) is 0.136. The Hall–Kier alpha value is -6.56. The second kappa shape index (κ2) is 15.1. The average Bonchev–Trinajstić information content (AvgIpc) is 3.79. The fourth-order valence-corrected chi connectivity index (χ4v) is 5.00. The molecule has 0 saturated carbocycles. The molecule has 4 N–H and O–H groups in total. The lowest BCUT2D eigenvalue weighted by atomic mass is 10.1. The van der Waals surface area contributed by atoms with E-state index in [-0.39, 0.29) is 38.1 Å². The second-order valence-electron chi connectivity index (χ2n) is 11.5. The Morgan fingerprint density at radius 1 is 0.540 bits per heavy atom. The van der Waals surface area contributed by atoms with Gasteiger partial charge < -0.3 is 40.2 Å². The summed E-state index contributed by atoms with van der Waals surface area (Å²) in [4.78, 5) is 52.9. The van der Waals surface area contributed by atoms with Crippen LogP contribution in [-0.4, -0.2) is 50.3 Å². The molecule has 0 spiro atoms. The Morgan fingerprint density at radius 3 is 1.32 bits per heavy atom. The van der Waals surface area contributed by atoms with Gasteiger partial charge in [-0.1, -0.05) is 47.5 Å². The summed E-state index contributed by atoms with van der Waals surface area (Å²) in [5.74, 6) is 0.0907. The number of ether oxygens (including phenoxy) is 4. The lowest BCUT2D eigenvalue weighted by Gasteiger charge is -2.14. The van der Waals surface area contributed by atoms with E-state index in [9.17, 15) is 19.2 Å². The monoisotopic (exact) mass is 674 g/mol. The highest BCUT2D eigenvalue weighted by molar-refractivity contribution is 6.06. The minimum absolute atomic E-state index is 0.00661. The van der Waals surface area contributed by atoms with Crippen LogP contribution in [0.4, 0.5) is 0 Å². The van der Waals surface area contributed by atoms with Crippen molar-refractivity contribution in [2.75, 3.05) is 26.7 Å². The van der Waals surface area contributed by atoms with Gasteiger partial charge in [-0.15, -0.1) is 0 Å². The number of aryl methyl sites for hydroxylation is 2. The van der Waals surface area contributed by atoms with Crippen LogP contribution in [0.15, 0.2) is 96.3 Å². The fourth-order valence-electron chi connectivity index (χ4n) is 5.00. The van der Waals surface area contributed by atoms with Gasteiger partial charge in [0.2, 0.25) is 13.6 Å². The molecular weight excluding hydrogens is 640 g/mol. The van der Waals surface area contributed by atoms with E-state index in [4.69, 9.17) is 18.9 Å². The molecule has 0 atom stereocenters. The minimum atomic E-state index is -0.582. The van der Waals surface area contributed by atoms with Crippen molar-refractivity contribution in [2.45, 2.75) is 13.8 Å². The van der Waals surface area contributed by atoms with Crippen molar-refractivity contribution in [1.82, 2.24) is 21.3 Å². The number of rotatable bonds is 11. The van der Waals surface area contributed by atoms with E-state index in [1.165, 1.54) is 12.2 Å². The molecule has 12 heteroatoms. The normalized spacial score (nSPS) is 13.0. The van der Waals surface area contributed by atoms with Crippen LogP contribution in [-0.2, 0) is 9.59 Å². The van der Waals surface area contributed by atoms with Gasteiger partial charge in [-0.05, 0) is 85.7 Å². The first-order valence-electron chi connectivity index (χ1n) is 15.8. The van der Waals surface area contributed by atoms with Crippen molar-refractivity contribution < 1.29 is 38.1 Å². The van der Waals surface area contributed by atoms with Gasteiger partial charge in [0.05, 0.1) is 0 Å². The predicted molar refractivity (Wildman–Crippen MR) is 184 cm³/mol. The Bertz CT molecular complexity index is 1860. The molecule has 0 radical (unpaired) electrons. The van der Waals surface area contributed by atoms with Gasteiger partial charge in [0.1, 0.15) is 11.4 Å². The van der Waals surface area contributed by atoms with Gasteiger partial charge in [0.15, 0.2) is 23.0 Å². The van der Waals surface area contributed by atoms with E-state index in [2.05, 4.69) is 21.3 Å². The maximum absolute atomic E-state index is 13.4. The van der Waals surface area contributed by atoms with Crippen LogP contribution in [0, 0.1) is 13.8 Å². The van der Waals surface area contributed by atoms with E-state index >= 15 is 0 Å². The van der Waals surface area contributed by atoms with Crippen LogP contribution in [0.2, 0.25) is 0 Å². The highest BCUT2D eigenvalue weighted by atomic mass is 16.7. The summed E-state index contributed by atoms with van der Waals surface area (Å²) in [5, 5.41) is 10.9. The molecule has 0 unspecified atom stereocenters. The first-order valence-corrected chi connectivity index (χ1v) is 15.8. The van der Waals surface area contributed by atoms with Crippen LogP contribution in [0.25, 0.3) is 12.2 Å². The molecule has 6 rings (SSSR count). The Balaban J connectivity index is 1.14. The van der Waals surface area contributed by atoms with Crippen LogP contribution in [0.5, 0.6) is 23.0 Å². The third-order valence-electron chi connectivity index (χ3n) is 7.72. The first-order chi connectivity index (χ1) is 24.2. The van der Waals surface area contributed by atoms with E-state index in [1.54, 1.807) is 84.9 Å². The molecule has 0 bridgehead atoms. The van der Waals surface area contributed by atoms with Gasteiger partial charge in [0, 0.05) is 24.2 Å². The number of hydrogen-bond donors (Lipinski definition) is 4. The number of fused-ring (bicyclic) bond motifs is 2. The smallest absolute Gasteiger partial charge is 0.267 e. The van der Waals surface area contributed by atoms with Crippen LogP contribution < -0.4 is 40.2 Å². The molecular formula is C38H34N4O8. The molecule has 2 heterocycles. The predicted octanol–water partition coefficient (Wildman–Crippen LogP) is 4.24. The molecule has 4 aromatic rings. The number of hydrogen-bond acceptors (Lipinski definition) is 8. The summed E-state index contributed by atoms with van der Waals surface area (Å²) in [6, 6.07) is 24.2. The number of carbonyl (C=O) groups is 4. The number of amides is 4. The van der Waals surface area contributed by atoms with Gasteiger partial charge >= 0.3 is 0 Å². The zero-order valence-corrected chi connectivity index (χ0v) is 27.3. The number of nitrogens with one attached hydrogen (secondary N) is 4. The zero-order valence-electron chi connectivity index (χ0n) is 27.3. The average molecular weight is 675 g/mol. The third kappa shape index (κ3) is 8.29. The molecule has 4 aromatic carbocycles. The van der Waals surface area contributed by atoms with Crippen molar-refractivity contribution >= 4 is 35.8 Å². The topological polar surface area (TPSA) is 153 Å². The molecule has 4 amide bonds. The van der Waals surface area contributed by atoms with Crippen molar-refractivity contribution in [3.8, 4) is 23.0 Å². The molecule has 254 valence electrons. The van der Waals surface area contributed by atoms with Crippen molar-refractivity contribution in [3.63, 3.8) is 0 Å². The summed E-state index contributed by atoms with van der Waals surface area (Å²) >= 11 is 0. The summed E-state index contributed by atoms with van der Waals surface area (Å²) in [6.45, 7) is 4.02. The van der Waals surface area contributed by atoms with Crippen molar-refractivity contribution in [2.24, 2.45) is 0 Å². The van der Waals surface area contributed by atoms with E-state index in [0.717, 1.165) is 11.1 Å². The first kappa shape index (κ1) is 33.3. The Kier molecular flexibility index (Phi) is 10.1. The summed E-state index contributed by atoms with van der Waals surface area (Å²) in [7, 11) is 0. The summed E-state index contributed by atoms with van der Waals surface area (Å²) < 4.78 is 21.7. The summed E-state index contributed by atoms with van der Waals surface area (Å²) in [6.07, 6.45) is 3.05. The minimum Gasteiger partial charge on any atom is -0.454 e. The third-order valence-corrected chi connectivity index (χ3v) is 7.72. The Morgan fingerprint density at radius 2 is 0.920 bits per heavy atom. The number of carbonyl (C=O) groups excluding carboxylic acids is 4. The SMILES string of the molecule is Cc1ccc(C(=O)N/C(=C\c2ccc3c(c2)OCO3)C(=O)NCCNC(=O)/C(=C/c2ccc3c(c2)OCO3)NC(=O)c2ccc(C)cc2)cc1.